The minimum Gasteiger partial charge on any atom is -0.493 e. The van der Waals surface area contributed by atoms with Crippen molar-refractivity contribution < 1.29 is 9.26 Å². The van der Waals surface area contributed by atoms with E-state index in [4.69, 9.17) is 9.26 Å². The van der Waals surface area contributed by atoms with Crippen LogP contribution < -0.4 is 15.4 Å². The second-order valence-corrected chi connectivity index (χ2v) is 5.03. The number of nitrogens with zero attached hydrogens (tertiary/aromatic N) is 3. The Morgan fingerprint density at radius 3 is 3.05 bits per heavy atom. The van der Waals surface area contributed by atoms with Gasteiger partial charge in [-0.05, 0) is 6.07 Å². The number of hydrogen-bond acceptors (Lipinski definition) is 5. The molecule has 7 heteroatoms. The molecule has 0 aliphatic carbocycles. The number of para-hydroxylation sites is 1. The fourth-order valence-corrected chi connectivity index (χ4v) is 2.43. The van der Waals surface area contributed by atoms with Crippen LogP contribution in [0.5, 0.6) is 5.75 Å². The molecule has 1 aliphatic rings. The second-order valence-electron chi connectivity index (χ2n) is 5.03. The molecule has 1 atom stereocenters. The standard InChI is InChI=1S/C15H19N5O2/c1-10-18-14(20-22-10)9-17-15(16-2)19-12-7-8-21-13-6-4-3-5-11(12)13/h3-6,12H,7-9H2,1-2H3,(H2,16,17,19). The van der Waals surface area contributed by atoms with Crippen molar-refractivity contribution in [3.8, 4) is 5.75 Å². The Morgan fingerprint density at radius 1 is 1.41 bits per heavy atom. The predicted octanol–water partition coefficient (Wildman–Crippen LogP) is 1.57. The predicted molar refractivity (Wildman–Crippen MR) is 81.7 cm³/mol. The van der Waals surface area contributed by atoms with Crippen LogP contribution in [0.4, 0.5) is 0 Å². The second kappa shape index (κ2) is 6.46. The summed E-state index contributed by atoms with van der Waals surface area (Å²) in [5, 5.41) is 10.5. The third-order valence-corrected chi connectivity index (χ3v) is 3.48. The van der Waals surface area contributed by atoms with Gasteiger partial charge in [-0.1, -0.05) is 23.4 Å². The molecule has 22 heavy (non-hydrogen) atoms. The average molecular weight is 301 g/mol. The van der Waals surface area contributed by atoms with Gasteiger partial charge in [-0.2, -0.15) is 4.98 Å². The number of benzene rings is 1. The Balaban J connectivity index is 1.64. The SMILES string of the molecule is CN=C(NCc1noc(C)n1)NC1CCOc2ccccc21. The first-order chi connectivity index (χ1) is 10.8. The molecular weight excluding hydrogens is 282 g/mol. The van der Waals surface area contributed by atoms with Crippen LogP contribution in [0.3, 0.4) is 0 Å². The molecule has 0 bridgehead atoms. The molecule has 0 radical (unpaired) electrons. The van der Waals surface area contributed by atoms with Gasteiger partial charge in [0.25, 0.3) is 0 Å². The van der Waals surface area contributed by atoms with Crippen LogP contribution >= 0.6 is 0 Å². The van der Waals surface area contributed by atoms with E-state index in [0.29, 0.717) is 30.8 Å². The Labute approximate surface area is 128 Å². The van der Waals surface area contributed by atoms with Crippen molar-refractivity contribution in [2.24, 2.45) is 4.99 Å². The average Bonchev–Trinajstić information content (AvgIpc) is 2.97. The van der Waals surface area contributed by atoms with Crippen molar-refractivity contribution in [1.82, 2.24) is 20.8 Å². The monoisotopic (exact) mass is 301 g/mol. The summed E-state index contributed by atoms with van der Waals surface area (Å²) in [5.74, 6) is 2.78. The summed E-state index contributed by atoms with van der Waals surface area (Å²) in [5.41, 5.74) is 1.15. The van der Waals surface area contributed by atoms with Gasteiger partial charge in [0.1, 0.15) is 5.75 Å². The van der Waals surface area contributed by atoms with E-state index >= 15 is 0 Å². The number of hydrogen-bond donors (Lipinski definition) is 2. The summed E-state index contributed by atoms with van der Waals surface area (Å²) in [6.45, 7) is 2.92. The Morgan fingerprint density at radius 2 is 2.27 bits per heavy atom. The zero-order valence-electron chi connectivity index (χ0n) is 12.7. The van der Waals surface area contributed by atoms with Crippen LogP contribution in [0.25, 0.3) is 0 Å². The van der Waals surface area contributed by atoms with E-state index in [0.717, 1.165) is 17.7 Å². The molecule has 3 rings (SSSR count). The summed E-state index contributed by atoms with van der Waals surface area (Å²) in [6, 6.07) is 8.22. The lowest BCUT2D eigenvalue weighted by molar-refractivity contribution is 0.261. The highest BCUT2D eigenvalue weighted by Gasteiger charge is 2.21. The number of guanidine groups is 1. The summed E-state index contributed by atoms with van der Waals surface area (Å²) >= 11 is 0. The van der Waals surface area contributed by atoms with Gasteiger partial charge in [-0.3, -0.25) is 4.99 Å². The summed E-state index contributed by atoms with van der Waals surface area (Å²) < 4.78 is 10.6. The quantitative estimate of drug-likeness (QED) is 0.661. The molecule has 0 amide bonds. The van der Waals surface area contributed by atoms with Crippen molar-refractivity contribution in [1.29, 1.82) is 0 Å². The Kier molecular flexibility index (Phi) is 4.22. The Hall–Kier alpha value is -2.57. The van der Waals surface area contributed by atoms with Crippen LogP contribution in [-0.4, -0.2) is 29.8 Å². The fourth-order valence-electron chi connectivity index (χ4n) is 2.43. The number of aromatic nitrogens is 2. The van der Waals surface area contributed by atoms with E-state index < -0.39 is 0 Å². The molecule has 116 valence electrons. The van der Waals surface area contributed by atoms with Gasteiger partial charge in [-0.25, -0.2) is 0 Å². The minimum absolute atomic E-state index is 0.170. The summed E-state index contributed by atoms with van der Waals surface area (Å²) in [4.78, 5) is 8.40. The van der Waals surface area contributed by atoms with Crippen LogP contribution in [0.1, 0.15) is 29.7 Å². The van der Waals surface area contributed by atoms with Gasteiger partial charge in [0.05, 0.1) is 19.2 Å². The lowest BCUT2D eigenvalue weighted by Gasteiger charge is -2.27. The maximum absolute atomic E-state index is 5.67. The van der Waals surface area contributed by atoms with E-state index in [1.807, 2.05) is 18.2 Å². The molecule has 1 aliphatic heterocycles. The van der Waals surface area contributed by atoms with E-state index in [1.54, 1.807) is 14.0 Å². The van der Waals surface area contributed by atoms with Crippen LogP contribution in [0, 0.1) is 6.92 Å². The van der Waals surface area contributed by atoms with E-state index in [2.05, 4.69) is 31.8 Å². The fraction of sp³-hybridized carbons (Fsp3) is 0.400. The normalized spacial score (nSPS) is 17.5. The number of fused-ring (bicyclic) bond motifs is 1. The molecule has 7 nitrogen and oxygen atoms in total. The van der Waals surface area contributed by atoms with Gasteiger partial charge in [0, 0.05) is 26.0 Å². The highest BCUT2D eigenvalue weighted by molar-refractivity contribution is 5.80. The van der Waals surface area contributed by atoms with Crippen molar-refractivity contribution in [3.63, 3.8) is 0 Å². The molecule has 0 saturated heterocycles. The van der Waals surface area contributed by atoms with Crippen LogP contribution in [0.2, 0.25) is 0 Å². The molecule has 2 N–H and O–H groups in total. The third-order valence-electron chi connectivity index (χ3n) is 3.48. The zero-order valence-corrected chi connectivity index (χ0v) is 12.7. The van der Waals surface area contributed by atoms with Gasteiger partial charge < -0.3 is 19.9 Å². The van der Waals surface area contributed by atoms with Crippen LogP contribution in [-0.2, 0) is 6.54 Å². The highest BCUT2D eigenvalue weighted by atomic mass is 16.5. The first kappa shape index (κ1) is 14.4. The van der Waals surface area contributed by atoms with E-state index in [-0.39, 0.29) is 6.04 Å². The van der Waals surface area contributed by atoms with Gasteiger partial charge in [0.2, 0.25) is 5.89 Å². The lowest BCUT2D eigenvalue weighted by atomic mass is 10.0. The summed E-state index contributed by atoms with van der Waals surface area (Å²) in [7, 11) is 1.74. The molecule has 2 heterocycles. The smallest absolute Gasteiger partial charge is 0.223 e. The lowest BCUT2D eigenvalue weighted by Crippen LogP contribution is -2.40. The van der Waals surface area contributed by atoms with E-state index in [1.165, 1.54) is 0 Å². The number of rotatable bonds is 3. The van der Waals surface area contributed by atoms with Crippen molar-refractivity contribution in [2.75, 3.05) is 13.7 Å². The Bertz CT molecular complexity index is 667. The molecule has 0 fully saturated rings. The minimum atomic E-state index is 0.170. The van der Waals surface area contributed by atoms with Gasteiger partial charge in [0.15, 0.2) is 11.8 Å². The molecule has 0 spiro atoms. The van der Waals surface area contributed by atoms with Gasteiger partial charge >= 0.3 is 0 Å². The number of aliphatic imine (C=N–C) groups is 1. The van der Waals surface area contributed by atoms with Crippen molar-refractivity contribution in [3.05, 3.63) is 41.5 Å². The maximum Gasteiger partial charge on any atom is 0.223 e. The number of ether oxygens (including phenoxy) is 1. The largest absolute Gasteiger partial charge is 0.493 e. The third kappa shape index (κ3) is 3.19. The van der Waals surface area contributed by atoms with E-state index in [9.17, 15) is 0 Å². The molecular formula is C15H19N5O2. The topological polar surface area (TPSA) is 84.6 Å². The first-order valence-electron chi connectivity index (χ1n) is 7.24. The molecule has 1 unspecified atom stereocenters. The number of nitrogens with one attached hydrogen (secondary N) is 2. The van der Waals surface area contributed by atoms with Crippen LogP contribution in [0.15, 0.2) is 33.8 Å². The van der Waals surface area contributed by atoms with Crippen molar-refractivity contribution >= 4 is 5.96 Å². The van der Waals surface area contributed by atoms with Gasteiger partial charge in [-0.15, -0.1) is 0 Å². The maximum atomic E-state index is 5.67. The highest BCUT2D eigenvalue weighted by Crippen LogP contribution is 2.31. The molecule has 1 aromatic carbocycles. The van der Waals surface area contributed by atoms with Crippen molar-refractivity contribution in [2.45, 2.75) is 25.9 Å². The molecule has 0 saturated carbocycles. The summed E-state index contributed by atoms with van der Waals surface area (Å²) in [6.07, 6.45) is 0.888. The molecule has 2 aromatic rings. The zero-order chi connectivity index (χ0) is 15.4. The number of aryl methyl sites for hydroxylation is 1. The molecule has 1 aromatic heterocycles. The first-order valence-corrected chi connectivity index (χ1v) is 7.24.